The third-order valence-electron chi connectivity index (χ3n) is 4.94. The molecule has 0 spiro atoms. The maximum absolute atomic E-state index is 12.6. The lowest BCUT2D eigenvalue weighted by Crippen LogP contribution is -2.34. The van der Waals surface area contributed by atoms with E-state index in [9.17, 15) is 9.59 Å². The van der Waals surface area contributed by atoms with Gasteiger partial charge in [-0.05, 0) is 36.1 Å². The summed E-state index contributed by atoms with van der Waals surface area (Å²) in [5.74, 6) is 0.853. The Morgan fingerprint density at radius 3 is 2.56 bits per heavy atom. The Hall–Kier alpha value is -2.82. The van der Waals surface area contributed by atoms with Gasteiger partial charge in [0, 0.05) is 19.5 Å². The second kappa shape index (κ2) is 9.21. The van der Waals surface area contributed by atoms with Gasteiger partial charge in [-0.2, -0.15) is 0 Å². The van der Waals surface area contributed by atoms with Crippen molar-refractivity contribution in [1.82, 2.24) is 10.2 Å². The monoisotopic (exact) mass is 366 g/mol. The molecule has 5 nitrogen and oxygen atoms in total. The van der Waals surface area contributed by atoms with E-state index in [0.717, 1.165) is 36.3 Å². The van der Waals surface area contributed by atoms with Crippen molar-refractivity contribution >= 4 is 11.8 Å². The number of carbonyl (C=O) groups is 2. The lowest BCUT2D eigenvalue weighted by molar-refractivity contribution is -0.132. The number of carbonyl (C=O) groups excluding carboxylic acids is 2. The van der Waals surface area contributed by atoms with Gasteiger partial charge < -0.3 is 15.0 Å². The summed E-state index contributed by atoms with van der Waals surface area (Å²) in [5.41, 5.74) is 2.11. The number of rotatable bonds is 7. The van der Waals surface area contributed by atoms with E-state index in [0.29, 0.717) is 19.4 Å². The normalized spacial score (nSPS) is 16.2. The van der Waals surface area contributed by atoms with E-state index in [-0.39, 0.29) is 17.9 Å². The van der Waals surface area contributed by atoms with Crippen molar-refractivity contribution in [2.75, 3.05) is 20.2 Å². The smallest absolute Gasteiger partial charge is 0.224 e. The quantitative estimate of drug-likeness (QED) is 0.819. The molecule has 0 radical (unpaired) electrons. The highest BCUT2D eigenvalue weighted by Crippen LogP contribution is 2.33. The Morgan fingerprint density at radius 1 is 1.11 bits per heavy atom. The molecule has 1 heterocycles. The first-order valence-corrected chi connectivity index (χ1v) is 9.41. The highest BCUT2D eigenvalue weighted by Gasteiger charge is 2.29. The predicted molar refractivity (Wildman–Crippen MR) is 104 cm³/mol. The maximum atomic E-state index is 12.6. The van der Waals surface area contributed by atoms with E-state index in [4.69, 9.17) is 4.74 Å². The SMILES string of the molecule is COc1ccc(C2CCCN2C(=O)CCNC(=O)Cc2ccccc2)cc1. The molecule has 0 saturated carbocycles. The predicted octanol–water partition coefficient (Wildman–Crippen LogP) is 3.11. The van der Waals surface area contributed by atoms with Crippen LogP contribution in [-0.4, -0.2) is 36.9 Å². The first-order chi connectivity index (χ1) is 13.2. The molecular formula is C22H26N2O3. The molecule has 142 valence electrons. The molecule has 1 N–H and O–H groups in total. The molecule has 1 saturated heterocycles. The van der Waals surface area contributed by atoms with Crippen molar-refractivity contribution in [3.05, 3.63) is 65.7 Å². The Bertz CT molecular complexity index is 759. The van der Waals surface area contributed by atoms with Gasteiger partial charge in [0.15, 0.2) is 0 Å². The standard InChI is InChI=1S/C22H26N2O3/c1-27-19-11-9-18(10-12-19)20-8-5-15-24(20)22(26)13-14-23-21(25)16-17-6-3-2-4-7-17/h2-4,6-7,9-12,20H,5,8,13-16H2,1H3,(H,23,25). The molecular weight excluding hydrogens is 340 g/mol. The maximum Gasteiger partial charge on any atom is 0.224 e. The first-order valence-electron chi connectivity index (χ1n) is 9.41. The molecule has 0 aromatic heterocycles. The van der Waals surface area contributed by atoms with Crippen LogP contribution in [0.15, 0.2) is 54.6 Å². The van der Waals surface area contributed by atoms with Crippen molar-refractivity contribution in [3.63, 3.8) is 0 Å². The van der Waals surface area contributed by atoms with E-state index in [1.807, 2.05) is 59.5 Å². The molecule has 2 aromatic rings. The summed E-state index contributed by atoms with van der Waals surface area (Å²) >= 11 is 0. The van der Waals surface area contributed by atoms with Crippen molar-refractivity contribution in [3.8, 4) is 5.75 Å². The summed E-state index contributed by atoms with van der Waals surface area (Å²) in [5, 5.41) is 2.85. The summed E-state index contributed by atoms with van der Waals surface area (Å²) < 4.78 is 5.20. The number of amides is 2. The fourth-order valence-corrected chi connectivity index (χ4v) is 3.53. The van der Waals surface area contributed by atoms with Gasteiger partial charge in [-0.15, -0.1) is 0 Å². The molecule has 5 heteroatoms. The first kappa shape index (κ1) is 19.0. The molecule has 1 unspecified atom stereocenters. The zero-order valence-electron chi connectivity index (χ0n) is 15.7. The third kappa shape index (κ3) is 5.09. The Balaban J connectivity index is 1.48. The van der Waals surface area contributed by atoms with Crippen LogP contribution in [0.2, 0.25) is 0 Å². The van der Waals surface area contributed by atoms with Crippen molar-refractivity contribution in [2.24, 2.45) is 0 Å². The number of ether oxygens (including phenoxy) is 1. The molecule has 1 aliphatic rings. The molecule has 1 fully saturated rings. The van der Waals surface area contributed by atoms with Crippen LogP contribution in [0.1, 0.15) is 36.4 Å². The molecule has 2 aromatic carbocycles. The second-order valence-electron chi connectivity index (χ2n) is 6.78. The van der Waals surface area contributed by atoms with Gasteiger partial charge in [-0.25, -0.2) is 0 Å². The number of nitrogens with one attached hydrogen (secondary N) is 1. The molecule has 0 bridgehead atoms. The Kier molecular flexibility index (Phi) is 6.47. The fraction of sp³-hybridized carbons (Fsp3) is 0.364. The van der Waals surface area contributed by atoms with Gasteiger partial charge in [0.1, 0.15) is 5.75 Å². The van der Waals surface area contributed by atoms with Crippen LogP contribution in [0.3, 0.4) is 0 Å². The van der Waals surface area contributed by atoms with Crippen LogP contribution in [-0.2, 0) is 16.0 Å². The van der Waals surface area contributed by atoms with E-state index in [1.54, 1.807) is 7.11 Å². The van der Waals surface area contributed by atoms with Gasteiger partial charge in [-0.1, -0.05) is 42.5 Å². The summed E-state index contributed by atoms with van der Waals surface area (Å²) in [7, 11) is 1.65. The Labute approximate surface area is 160 Å². The molecule has 0 aliphatic carbocycles. The fourth-order valence-electron chi connectivity index (χ4n) is 3.53. The van der Waals surface area contributed by atoms with Gasteiger partial charge in [0.2, 0.25) is 11.8 Å². The van der Waals surface area contributed by atoms with E-state index in [2.05, 4.69) is 5.32 Å². The zero-order valence-corrected chi connectivity index (χ0v) is 15.7. The number of methoxy groups -OCH3 is 1. The van der Waals surface area contributed by atoms with E-state index < -0.39 is 0 Å². The minimum Gasteiger partial charge on any atom is -0.497 e. The number of nitrogens with zero attached hydrogens (tertiary/aromatic N) is 1. The average Bonchev–Trinajstić information content (AvgIpc) is 3.18. The summed E-state index contributed by atoms with van der Waals surface area (Å²) in [6, 6.07) is 17.6. The topological polar surface area (TPSA) is 58.6 Å². The van der Waals surface area contributed by atoms with E-state index in [1.165, 1.54) is 0 Å². The number of hydrogen-bond donors (Lipinski definition) is 1. The lowest BCUT2D eigenvalue weighted by atomic mass is 10.0. The summed E-state index contributed by atoms with van der Waals surface area (Å²) in [6.45, 7) is 1.14. The lowest BCUT2D eigenvalue weighted by Gasteiger charge is -2.25. The molecule has 1 atom stereocenters. The Morgan fingerprint density at radius 2 is 1.85 bits per heavy atom. The van der Waals surface area contributed by atoms with Gasteiger partial charge >= 0.3 is 0 Å². The van der Waals surface area contributed by atoms with Crippen LogP contribution in [0, 0.1) is 0 Å². The molecule has 27 heavy (non-hydrogen) atoms. The van der Waals surface area contributed by atoms with E-state index >= 15 is 0 Å². The van der Waals surface area contributed by atoms with Crippen LogP contribution < -0.4 is 10.1 Å². The number of likely N-dealkylation sites (tertiary alicyclic amines) is 1. The zero-order chi connectivity index (χ0) is 19.1. The largest absolute Gasteiger partial charge is 0.497 e. The minimum atomic E-state index is -0.0536. The minimum absolute atomic E-state index is 0.0536. The number of hydrogen-bond acceptors (Lipinski definition) is 3. The average molecular weight is 366 g/mol. The second-order valence-corrected chi connectivity index (χ2v) is 6.78. The molecule has 3 rings (SSSR count). The summed E-state index contributed by atoms with van der Waals surface area (Å²) in [4.78, 5) is 26.6. The van der Waals surface area contributed by atoms with Gasteiger partial charge in [0.05, 0.1) is 19.6 Å². The third-order valence-corrected chi connectivity index (χ3v) is 4.94. The van der Waals surface area contributed by atoms with Crippen molar-refractivity contribution < 1.29 is 14.3 Å². The molecule has 2 amide bonds. The highest BCUT2D eigenvalue weighted by atomic mass is 16.5. The van der Waals surface area contributed by atoms with Gasteiger partial charge in [-0.3, -0.25) is 9.59 Å². The van der Waals surface area contributed by atoms with Crippen LogP contribution in [0.25, 0.3) is 0 Å². The summed E-state index contributed by atoms with van der Waals surface area (Å²) in [6.07, 6.45) is 2.64. The molecule has 1 aliphatic heterocycles. The number of benzene rings is 2. The van der Waals surface area contributed by atoms with Crippen LogP contribution in [0.5, 0.6) is 5.75 Å². The highest BCUT2D eigenvalue weighted by molar-refractivity contribution is 5.80. The van der Waals surface area contributed by atoms with Crippen molar-refractivity contribution in [1.29, 1.82) is 0 Å². The van der Waals surface area contributed by atoms with Gasteiger partial charge in [0.25, 0.3) is 0 Å². The van der Waals surface area contributed by atoms with Crippen LogP contribution in [0.4, 0.5) is 0 Å². The van der Waals surface area contributed by atoms with Crippen LogP contribution >= 0.6 is 0 Å². The van der Waals surface area contributed by atoms with Crippen molar-refractivity contribution in [2.45, 2.75) is 31.7 Å².